The monoisotopic (exact) mass is 572 g/mol. The van der Waals surface area contributed by atoms with E-state index in [-0.39, 0.29) is 17.7 Å². The first kappa shape index (κ1) is 28.2. The highest BCUT2D eigenvalue weighted by atomic mass is 16.5. The average molecular weight is 573 g/mol. The van der Waals surface area contributed by atoms with E-state index >= 15 is 0 Å². The summed E-state index contributed by atoms with van der Waals surface area (Å²) in [7, 11) is 4.81. The van der Waals surface area contributed by atoms with Crippen LogP contribution in [0, 0.1) is 5.92 Å². The van der Waals surface area contributed by atoms with Crippen molar-refractivity contribution in [3.63, 3.8) is 0 Å². The van der Waals surface area contributed by atoms with Crippen LogP contribution in [0.1, 0.15) is 45.8 Å². The number of benzene rings is 4. The van der Waals surface area contributed by atoms with Gasteiger partial charge in [-0.2, -0.15) is 0 Å². The van der Waals surface area contributed by atoms with Crippen LogP contribution >= 0.6 is 0 Å². The Labute approximate surface area is 252 Å². The van der Waals surface area contributed by atoms with Gasteiger partial charge in [0, 0.05) is 40.6 Å². The molecule has 0 aliphatic heterocycles. The lowest BCUT2D eigenvalue weighted by Gasteiger charge is -2.29. The van der Waals surface area contributed by atoms with Crippen LogP contribution < -0.4 is 19.5 Å². The Morgan fingerprint density at radius 2 is 1.49 bits per heavy atom. The topological polar surface area (TPSA) is 72.6 Å². The minimum Gasteiger partial charge on any atom is -0.496 e. The number of rotatable bonds is 9. The van der Waals surface area contributed by atoms with Gasteiger partial charge in [-0.05, 0) is 41.2 Å². The second-order valence-corrected chi connectivity index (χ2v) is 10.9. The first-order valence-electron chi connectivity index (χ1n) is 14.6. The van der Waals surface area contributed by atoms with Crippen molar-refractivity contribution in [2.24, 2.45) is 5.92 Å². The van der Waals surface area contributed by atoms with Gasteiger partial charge in [0.05, 0.1) is 33.4 Å². The van der Waals surface area contributed by atoms with Gasteiger partial charge in [0.2, 0.25) is 5.91 Å². The van der Waals surface area contributed by atoms with E-state index in [1.807, 2.05) is 24.3 Å². The van der Waals surface area contributed by atoms with E-state index in [1.54, 1.807) is 33.5 Å². The summed E-state index contributed by atoms with van der Waals surface area (Å²) < 4.78 is 16.6. The number of nitrogens with one attached hydrogen (secondary N) is 2. The molecule has 1 aliphatic carbocycles. The first-order chi connectivity index (χ1) is 21.1. The minimum atomic E-state index is -0.190. The highest BCUT2D eigenvalue weighted by Crippen LogP contribution is 2.42. The fourth-order valence-electron chi connectivity index (χ4n) is 6.14. The van der Waals surface area contributed by atoms with E-state index in [0.717, 1.165) is 16.6 Å². The van der Waals surface area contributed by atoms with E-state index in [1.165, 1.54) is 27.8 Å². The number of para-hydroxylation sites is 1. The summed E-state index contributed by atoms with van der Waals surface area (Å²) in [5.41, 5.74) is 7.81. The molecule has 0 saturated carbocycles. The van der Waals surface area contributed by atoms with Crippen LogP contribution in [0.4, 0.5) is 0 Å². The van der Waals surface area contributed by atoms with Crippen molar-refractivity contribution < 1.29 is 19.0 Å². The number of aromatic amines is 1. The molecule has 1 aromatic heterocycles. The molecule has 0 fully saturated rings. The van der Waals surface area contributed by atoms with Gasteiger partial charge in [0.1, 0.15) is 17.2 Å². The number of ether oxygens (including phenoxy) is 3. The summed E-state index contributed by atoms with van der Waals surface area (Å²) in [6.45, 7) is 0.291. The van der Waals surface area contributed by atoms with Crippen molar-refractivity contribution in [1.29, 1.82) is 0 Å². The maximum Gasteiger partial charge on any atom is 0.223 e. The highest BCUT2D eigenvalue weighted by Gasteiger charge is 2.34. The predicted octanol–water partition coefficient (Wildman–Crippen LogP) is 7.37. The molecule has 0 spiro atoms. The van der Waals surface area contributed by atoms with E-state index in [2.05, 4.69) is 77.1 Å². The molecule has 4 aromatic carbocycles. The number of methoxy groups -OCH3 is 3. The molecule has 0 saturated heterocycles. The summed E-state index contributed by atoms with van der Waals surface area (Å²) in [5, 5.41) is 4.36. The van der Waals surface area contributed by atoms with Crippen molar-refractivity contribution in [1.82, 2.24) is 10.3 Å². The molecule has 6 heteroatoms. The molecule has 218 valence electrons. The fraction of sp³-hybridized carbons (Fsp3) is 0.216. The Balaban J connectivity index is 1.26. The van der Waals surface area contributed by atoms with Gasteiger partial charge in [-0.25, -0.2) is 0 Å². The lowest BCUT2D eigenvalue weighted by atomic mass is 9.76. The molecule has 43 heavy (non-hydrogen) atoms. The fourth-order valence-corrected chi connectivity index (χ4v) is 6.14. The zero-order valence-electron chi connectivity index (χ0n) is 24.7. The summed E-state index contributed by atoms with van der Waals surface area (Å²) in [4.78, 5) is 17.5. The molecule has 2 N–H and O–H groups in total. The van der Waals surface area contributed by atoms with E-state index in [9.17, 15) is 4.79 Å². The van der Waals surface area contributed by atoms with E-state index < -0.39 is 0 Å². The lowest BCUT2D eigenvalue weighted by Crippen LogP contribution is -2.35. The molecule has 6 nitrogen and oxygen atoms in total. The normalized spacial score (nSPS) is 16.2. The summed E-state index contributed by atoms with van der Waals surface area (Å²) >= 11 is 0. The van der Waals surface area contributed by atoms with Crippen LogP contribution in [0.15, 0.2) is 91.0 Å². The molecule has 1 heterocycles. The van der Waals surface area contributed by atoms with Crippen molar-refractivity contribution in [2.45, 2.75) is 25.3 Å². The molecular weight excluding hydrogens is 536 g/mol. The van der Waals surface area contributed by atoms with Gasteiger partial charge < -0.3 is 24.5 Å². The molecule has 0 unspecified atom stereocenters. The van der Waals surface area contributed by atoms with Crippen LogP contribution in [-0.4, -0.2) is 32.2 Å². The first-order valence-corrected chi connectivity index (χ1v) is 14.6. The number of H-pyrrole nitrogens is 1. The van der Waals surface area contributed by atoms with Gasteiger partial charge in [-0.3, -0.25) is 4.79 Å². The van der Waals surface area contributed by atoms with Crippen LogP contribution in [0.5, 0.6) is 17.2 Å². The third kappa shape index (κ3) is 5.86. The summed E-state index contributed by atoms with van der Waals surface area (Å²) in [6, 6.07) is 31.0. The number of carbonyl (C=O) groups excluding carboxylic acids is 1. The van der Waals surface area contributed by atoms with Crippen LogP contribution in [-0.2, 0) is 17.8 Å². The maximum atomic E-state index is 13.8. The molecule has 2 atom stereocenters. The second-order valence-electron chi connectivity index (χ2n) is 10.9. The number of amides is 1. The number of fused-ring (bicyclic) bond motifs is 3. The third-order valence-electron chi connectivity index (χ3n) is 8.40. The molecular formula is C37H36N2O4. The Bertz CT molecular complexity index is 1730. The van der Waals surface area contributed by atoms with Crippen molar-refractivity contribution in [3.8, 4) is 17.2 Å². The molecule has 5 aromatic rings. The van der Waals surface area contributed by atoms with Crippen molar-refractivity contribution in [3.05, 3.63) is 125 Å². The second kappa shape index (κ2) is 12.5. The zero-order valence-corrected chi connectivity index (χ0v) is 24.7. The van der Waals surface area contributed by atoms with E-state index in [4.69, 9.17) is 14.2 Å². The number of carbonyl (C=O) groups is 1. The Hall–Kier alpha value is -4.97. The molecule has 0 bridgehead atoms. The van der Waals surface area contributed by atoms with Gasteiger partial charge in [0.25, 0.3) is 0 Å². The van der Waals surface area contributed by atoms with E-state index in [0.29, 0.717) is 36.6 Å². The lowest BCUT2D eigenvalue weighted by molar-refractivity contribution is -0.125. The maximum absolute atomic E-state index is 13.8. The number of aromatic nitrogens is 1. The standard InChI is InChI=1S/C37H36N2O4/c1-41-28-21-34(42-2)32(35(22-28)43-3)23-38-37(40)27-19-30(36-31(20-27)29-11-7-8-12-33(29)39-36)26-17-15-25(16-18-26)14-13-24-9-5-4-6-10-24/h4-18,21-22,27,30,39H,19-20,23H2,1-3H3,(H,38,40)/b14-13+/t27-,30+/m1/s1. The summed E-state index contributed by atoms with van der Waals surface area (Å²) in [6.07, 6.45) is 5.64. The van der Waals surface area contributed by atoms with Gasteiger partial charge >= 0.3 is 0 Å². The van der Waals surface area contributed by atoms with Gasteiger partial charge in [0.15, 0.2) is 0 Å². The highest BCUT2D eigenvalue weighted by molar-refractivity contribution is 5.87. The minimum absolute atomic E-state index is 0.0169. The smallest absolute Gasteiger partial charge is 0.223 e. The molecule has 0 radical (unpaired) electrons. The Morgan fingerprint density at radius 3 is 2.16 bits per heavy atom. The van der Waals surface area contributed by atoms with Gasteiger partial charge in [-0.1, -0.05) is 84.9 Å². The van der Waals surface area contributed by atoms with Crippen molar-refractivity contribution in [2.75, 3.05) is 21.3 Å². The molecule has 6 rings (SSSR count). The average Bonchev–Trinajstić information content (AvgIpc) is 3.45. The van der Waals surface area contributed by atoms with Crippen LogP contribution in [0.25, 0.3) is 23.1 Å². The third-order valence-corrected chi connectivity index (χ3v) is 8.40. The number of hydrogen-bond donors (Lipinski definition) is 2. The predicted molar refractivity (Wildman–Crippen MR) is 172 cm³/mol. The Kier molecular flexibility index (Phi) is 8.18. The quantitative estimate of drug-likeness (QED) is 0.181. The SMILES string of the molecule is COc1cc(OC)c(CNC(=O)[C@H]2Cc3c([nH]c4ccccc34)[C@H](c3ccc(/C=C/c4ccccc4)cc3)C2)c(OC)c1. The van der Waals surface area contributed by atoms with Crippen molar-refractivity contribution >= 4 is 29.0 Å². The van der Waals surface area contributed by atoms with Gasteiger partial charge in [-0.15, -0.1) is 0 Å². The number of hydrogen-bond acceptors (Lipinski definition) is 4. The van der Waals surface area contributed by atoms with Crippen LogP contribution in [0.3, 0.4) is 0 Å². The zero-order chi connectivity index (χ0) is 29.8. The largest absolute Gasteiger partial charge is 0.496 e. The Morgan fingerprint density at radius 1 is 0.837 bits per heavy atom. The molecule has 1 aliphatic rings. The van der Waals surface area contributed by atoms with Crippen LogP contribution in [0.2, 0.25) is 0 Å². The summed E-state index contributed by atoms with van der Waals surface area (Å²) in [5.74, 6) is 1.75. The molecule has 1 amide bonds.